The Hall–Kier alpha value is -3.45. The molecule has 0 atom stereocenters. The largest absolute Gasteiger partial charge is 0.331 e. The average Bonchev–Trinajstić information content (AvgIpc) is 3.29. The Morgan fingerprint density at radius 2 is 1.96 bits per heavy atom. The third kappa shape index (κ3) is 3.52. The van der Waals surface area contributed by atoms with Crippen molar-refractivity contribution in [3.63, 3.8) is 0 Å². The van der Waals surface area contributed by atoms with Crippen molar-refractivity contribution in [3.05, 3.63) is 72.2 Å². The lowest BCUT2D eigenvalue weighted by Gasteiger charge is -2.05. The third-order valence-corrected chi connectivity index (χ3v) is 4.62. The summed E-state index contributed by atoms with van der Waals surface area (Å²) in [5, 5.41) is 7.37. The van der Waals surface area contributed by atoms with Crippen LogP contribution in [0.2, 0.25) is 0 Å². The fourth-order valence-corrected chi connectivity index (χ4v) is 3.20. The molecule has 0 saturated heterocycles. The van der Waals surface area contributed by atoms with Crippen LogP contribution in [0.5, 0.6) is 0 Å². The molecule has 28 heavy (non-hydrogen) atoms. The number of nitrogens with zero attached hydrogens (tertiary/aromatic N) is 4. The summed E-state index contributed by atoms with van der Waals surface area (Å²) in [6.45, 7) is 3.40. The maximum atomic E-state index is 12.7. The molecular weight excluding hydrogens is 352 g/mol. The molecule has 142 valence electrons. The van der Waals surface area contributed by atoms with E-state index in [-0.39, 0.29) is 5.91 Å². The van der Waals surface area contributed by atoms with Crippen molar-refractivity contribution in [3.8, 4) is 5.69 Å². The number of imidazole rings is 1. The van der Waals surface area contributed by atoms with Crippen LogP contribution < -0.4 is 11.1 Å². The van der Waals surface area contributed by atoms with E-state index in [1.54, 1.807) is 23.1 Å². The van der Waals surface area contributed by atoms with Crippen LogP contribution in [-0.4, -0.2) is 31.8 Å². The van der Waals surface area contributed by atoms with E-state index in [2.05, 4.69) is 20.0 Å². The lowest BCUT2D eigenvalue weighted by molar-refractivity contribution is 0.102. The number of fused-ring (bicyclic) bond motifs is 1. The third-order valence-electron chi connectivity index (χ3n) is 4.62. The molecule has 0 fully saturated rings. The predicted molar refractivity (Wildman–Crippen MR) is 110 cm³/mol. The standard InChI is InChI=1S/C21H22N6O/c1-15-12-20(25-27(15)17-6-3-2-4-7-17)24-21(28)16-8-9-19-18(13-16)23-14-26(19)11-5-10-22/h2-4,6-9,12-14H,5,10-11,22H2,1H3,(H,24,25,28). The van der Waals surface area contributed by atoms with Crippen LogP contribution >= 0.6 is 0 Å². The van der Waals surface area contributed by atoms with Crippen LogP contribution in [-0.2, 0) is 6.54 Å². The summed E-state index contributed by atoms with van der Waals surface area (Å²) in [6, 6.07) is 17.2. The van der Waals surface area contributed by atoms with Gasteiger partial charge in [0.1, 0.15) is 0 Å². The minimum Gasteiger partial charge on any atom is -0.331 e. The maximum Gasteiger partial charge on any atom is 0.256 e. The summed E-state index contributed by atoms with van der Waals surface area (Å²) in [4.78, 5) is 17.1. The molecule has 0 unspecified atom stereocenters. The molecule has 7 heteroatoms. The number of benzene rings is 2. The molecule has 4 rings (SSSR count). The first-order chi connectivity index (χ1) is 13.7. The van der Waals surface area contributed by atoms with Crippen LogP contribution in [0.15, 0.2) is 60.9 Å². The highest BCUT2D eigenvalue weighted by atomic mass is 16.1. The molecular formula is C21H22N6O. The zero-order valence-corrected chi connectivity index (χ0v) is 15.7. The number of nitrogens with two attached hydrogens (primary N) is 1. The first kappa shape index (κ1) is 17.9. The van der Waals surface area contributed by atoms with Crippen molar-refractivity contribution in [1.29, 1.82) is 0 Å². The molecule has 0 bridgehead atoms. The van der Waals surface area contributed by atoms with Crippen LogP contribution in [0, 0.1) is 6.92 Å². The molecule has 7 nitrogen and oxygen atoms in total. The number of hydrogen-bond acceptors (Lipinski definition) is 4. The topological polar surface area (TPSA) is 90.8 Å². The Morgan fingerprint density at radius 1 is 1.14 bits per heavy atom. The summed E-state index contributed by atoms with van der Waals surface area (Å²) in [5.74, 6) is 0.302. The highest BCUT2D eigenvalue weighted by Gasteiger charge is 2.13. The second-order valence-corrected chi connectivity index (χ2v) is 6.66. The Kier molecular flexibility index (Phi) is 4.90. The highest BCUT2D eigenvalue weighted by Crippen LogP contribution is 2.18. The van der Waals surface area contributed by atoms with Gasteiger partial charge in [-0.05, 0) is 50.2 Å². The lowest BCUT2D eigenvalue weighted by Crippen LogP contribution is -2.12. The SMILES string of the molecule is Cc1cc(NC(=O)c2ccc3c(c2)ncn3CCCN)nn1-c1ccccc1. The van der Waals surface area contributed by atoms with Gasteiger partial charge in [0.05, 0.1) is 23.0 Å². The van der Waals surface area contributed by atoms with Crippen molar-refractivity contribution < 1.29 is 4.79 Å². The van der Waals surface area contributed by atoms with Gasteiger partial charge >= 0.3 is 0 Å². The molecule has 0 saturated carbocycles. The quantitative estimate of drug-likeness (QED) is 0.542. The number of carbonyl (C=O) groups is 1. The van der Waals surface area contributed by atoms with Crippen LogP contribution in [0.4, 0.5) is 5.82 Å². The maximum absolute atomic E-state index is 12.7. The second kappa shape index (κ2) is 7.66. The molecule has 0 aliphatic heterocycles. The van der Waals surface area contributed by atoms with Gasteiger partial charge in [0.25, 0.3) is 5.91 Å². The Labute approximate surface area is 162 Å². The van der Waals surface area contributed by atoms with Gasteiger partial charge in [-0.15, -0.1) is 5.10 Å². The summed E-state index contributed by atoms with van der Waals surface area (Å²) in [6.07, 6.45) is 2.67. The van der Waals surface area contributed by atoms with Crippen LogP contribution in [0.3, 0.4) is 0 Å². The van der Waals surface area contributed by atoms with Crippen molar-refractivity contribution >= 4 is 22.8 Å². The average molecular weight is 374 g/mol. The van der Waals surface area contributed by atoms with Crippen molar-refractivity contribution in [2.24, 2.45) is 5.73 Å². The summed E-state index contributed by atoms with van der Waals surface area (Å²) < 4.78 is 3.85. The molecule has 2 aromatic heterocycles. The van der Waals surface area contributed by atoms with E-state index in [4.69, 9.17) is 5.73 Å². The summed E-state index contributed by atoms with van der Waals surface area (Å²) >= 11 is 0. The fourth-order valence-electron chi connectivity index (χ4n) is 3.20. The first-order valence-electron chi connectivity index (χ1n) is 9.24. The van der Waals surface area contributed by atoms with E-state index in [1.807, 2.05) is 49.4 Å². The number of anilines is 1. The Bertz CT molecular complexity index is 1110. The fraction of sp³-hybridized carbons (Fsp3) is 0.190. The van der Waals surface area contributed by atoms with E-state index in [9.17, 15) is 4.79 Å². The minimum absolute atomic E-state index is 0.212. The number of aromatic nitrogens is 4. The molecule has 0 aliphatic rings. The number of para-hydroxylation sites is 1. The molecule has 3 N–H and O–H groups in total. The zero-order valence-electron chi connectivity index (χ0n) is 15.7. The van der Waals surface area contributed by atoms with E-state index >= 15 is 0 Å². The van der Waals surface area contributed by atoms with Gasteiger partial charge in [0, 0.05) is 23.9 Å². The number of amides is 1. The minimum atomic E-state index is -0.212. The number of hydrogen-bond donors (Lipinski definition) is 2. The molecule has 2 aromatic carbocycles. The van der Waals surface area contributed by atoms with E-state index in [0.717, 1.165) is 35.4 Å². The molecule has 0 radical (unpaired) electrons. The highest BCUT2D eigenvalue weighted by molar-refractivity contribution is 6.05. The number of carbonyl (C=O) groups excluding carboxylic acids is 1. The molecule has 1 amide bonds. The number of aryl methyl sites for hydroxylation is 2. The Balaban J connectivity index is 1.54. The van der Waals surface area contributed by atoms with Gasteiger partial charge in [-0.2, -0.15) is 0 Å². The monoisotopic (exact) mass is 374 g/mol. The van der Waals surface area contributed by atoms with Crippen molar-refractivity contribution in [2.75, 3.05) is 11.9 Å². The Morgan fingerprint density at radius 3 is 2.75 bits per heavy atom. The van der Waals surface area contributed by atoms with Gasteiger partial charge in [-0.25, -0.2) is 9.67 Å². The van der Waals surface area contributed by atoms with Crippen LogP contribution in [0.25, 0.3) is 16.7 Å². The van der Waals surface area contributed by atoms with Gasteiger partial charge in [-0.1, -0.05) is 18.2 Å². The molecule has 2 heterocycles. The van der Waals surface area contributed by atoms with E-state index in [0.29, 0.717) is 17.9 Å². The van der Waals surface area contributed by atoms with Gasteiger partial charge in [0.2, 0.25) is 0 Å². The number of rotatable bonds is 6. The van der Waals surface area contributed by atoms with Gasteiger partial charge in [-0.3, -0.25) is 4.79 Å². The summed E-state index contributed by atoms with van der Waals surface area (Å²) in [7, 11) is 0. The zero-order chi connectivity index (χ0) is 19.5. The van der Waals surface area contributed by atoms with Gasteiger partial charge in [0.15, 0.2) is 5.82 Å². The smallest absolute Gasteiger partial charge is 0.256 e. The molecule has 0 spiro atoms. The van der Waals surface area contributed by atoms with Crippen LogP contribution in [0.1, 0.15) is 22.5 Å². The van der Waals surface area contributed by atoms with E-state index in [1.165, 1.54) is 0 Å². The van der Waals surface area contributed by atoms with Gasteiger partial charge < -0.3 is 15.6 Å². The van der Waals surface area contributed by atoms with Crippen molar-refractivity contribution in [1.82, 2.24) is 19.3 Å². The molecule has 0 aliphatic carbocycles. The predicted octanol–water partition coefficient (Wildman–Crippen LogP) is 3.13. The van der Waals surface area contributed by atoms with E-state index < -0.39 is 0 Å². The second-order valence-electron chi connectivity index (χ2n) is 6.66. The lowest BCUT2D eigenvalue weighted by atomic mass is 10.2. The number of nitrogens with one attached hydrogen (secondary N) is 1. The van der Waals surface area contributed by atoms with Crippen molar-refractivity contribution in [2.45, 2.75) is 19.9 Å². The first-order valence-corrected chi connectivity index (χ1v) is 9.24. The molecule has 4 aromatic rings. The summed E-state index contributed by atoms with van der Waals surface area (Å²) in [5.41, 5.74) is 9.80. The normalized spacial score (nSPS) is 11.1.